The largest absolute Gasteiger partial charge is 0.497 e. The van der Waals surface area contributed by atoms with Gasteiger partial charge in [0.2, 0.25) is 5.91 Å². The van der Waals surface area contributed by atoms with Gasteiger partial charge in [-0.3, -0.25) is 34.6 Å². The zero-order valence-electron chi connectivity index (χ0n) is 47.6. The molecule has 12 rings (SSSR count). The van der Waals surface area contributed by atoms with Crippen molar-refractivity contribution < 1.29 is 72.7 Å². The standard InChI is InChI=1S/C39H39N7O9.C21H13BrN2O3.2O3S/c1-53-27-11-8-25(9-12-27)42-31-23-33(36-35-34(31)37(47)28-6-2-3-7-29(28)38(35)55-43-36)44-18-14-24(15-19-44)39(48)41-17-5-21-54-20-4-16-40-30-13-10-26(45(49)50)22-32(30)46(51)52;1-26-12-8-6-11(7-9-12)23-16-10-15(22)19-18-17(16)20(25)13-4-2-3-5-14(13)21(18)27-24-19;2*1-4(2)3/h2-3,6-13,22-24,40,42H,4-5,14-21H2,1H3,(H,41,48);2-10,23H,1H3;;. The van der Waals surface area contributed by atoms with Gasteiger partial charge in [0.15, 0.2) is 23.1 Å². The van der Waals surface area contributed by atoms with Crippen molar-refractivity contribution in [3.8, 4) is 34.1 Å². The van der Waals surface area contributed by atoms with Crippen molar-refractivity contribution >= 4 is 122 Å². The number of rotatable bonds is 19. The van der Waals surface area contributed by atoms with Gasteiger partial charge < -0.3 is 49.4 Å². The second-order valence-electron chi connectivity index (χ2n) is 19.9. The minimum absolute atomic E-state index is 0.00349. The van der Waals surface area contributed by atoms with Crippen LogP contribution in [0.5, 0.6) is 11.5 Å². The highest BCUT2D eigenvalue weighted by molar-refractivity contribution is 9.10. The maximum atomic E-state index is 14.0. The van der Waals surface area contributed by atoms with Crippen LogP contribution in [-0.4, -0.2) is 116 Å². The number of ether oxygens (including phenoxy) is 3. The molecule has 7 aromatic carbocycles. The highest BCUT2D eigenvalue weighted by atomic mass is 79.9. The lowest BCUT2D eigenvalue weighted by Crippen LogP contribution is -2.41. The Balaban J connectivity index is 0.000000226. The summed E-state index contributed by atoms with van der Waals surface area (Å²) >= 11 is 3.55. The third-order valence-corrected chi connectivity index (χ3v) is 15.2. The molecule has 3 aliphatic rings. The maximum Gasteiger partial charge on any atom is 0.425 e. The van der Waals surface area contributed by atoms with Crippen molar-refractivity contribution in [2.75, 3.05) is 74.5 Å². The van der Waals surface area contributed by atoms with Gasteiger partial charge in [-0.25, -0.2) is 0 Å². The first-order valence-electron chi connectivity index (χ1n) is 27.4. The number of benzene rings is 7. The molecule has 30 heteroatoms. The number of carbonyl (C=O) groups excluding carboxylic acids is 3. The van der Waals surface area contributed by atoms with E-state index in [1.54, 1.807) is 20.3 Å². The molecular formula is C60H52BrN9O18S2. The Morgan fingerprint density at radius 2 is 1.11 bits per heavy atom. The molecule has 0 radical (unpaired) electrons. The van der Waals surface area contributed by atoms with Crippen LogP contribution in [0.15, 0.2) is 141 Å². The van der Waals surface area contributed by atoms with Gasteiger partial charge in [0, 0.05) is 89.5 Å². The molecule has 2 aliphatic carbocycles. The summed E-state index contributed by atoms with van der Waals surface area (Å²) < 4.78 is 79.2. The molecule has 9 aromatic rings. The smallest absolute Gasteiger partial charge is 0.425 e. The van der Waals surface area contributed by atoms with Crippen LogP contribution >= 0.6 is 15.9 Å². The van der Waals surface area contributed by atoms with Gasteiger partial charge in [0.25, 0.3) is 11.4 Å². The summed E-state index contributed by atoms with van der Waals surface area (Å²) in [6.45, 7) is 2.91. The van der Waals surface area contributed by atoms with Gasteiger partial charge in [0.1, 0.15) is 28.2 Å². The molecule has 0 atom stereocenters. The lowest BCUT2D eigenvalue weighted by atomic mass is 9.86. The Morgan fingerprint density at radius 1 is 0.633 bits per heavy atom. The van der Waals surface area contributed by atoms with Crippen LogP contribution in [0, 0.1) is 26.1 Å². The van der Waals surface area contributed by atoms with Crippen LogP contribution in [-0.2, 0) is 30.7 Å². The highest BCUT2D eigenvalue weighted by Gasteiger charge is 2.36. The molecule has 1 saturated heterocycles. The molecule has 1 fully saturated rings. The second kappa shape index (κ2) is 29.1. The lowest BCUT2D eigenvalue weighted by molar-refractivity contribution is -0.393. The molecular weight excluding hydrogens is 1280 g/mol. The van der Waals surface area contributed by atoms with E-state index in [1.807, 2.05) is 103 Å². The second-order valence-corrected chi connectivity index (χ2v) is 21.6. The number of nitrogens with one attached hydrogen (secondary N) is 4. The fourth-order valence-electron chi connectivity index (χ4n) is 10.5. The first kappa shape index (κ1) is 64.1. The van der Waals surface area contributed by atoms with Crippen LogP contribution in [0.1, 0.15) is 57.5 Å². The number of nitrogens with zero attached hydrogens (tertiary/aromatic N) is 5. The van der Waals surface area contributed by atoms with E-state index in [1.165, 1.54) is 12.1 Å². The molecule has 0 saturated carbocycles. The van der Waals surface area contributed by atoms with Crippen LogP contribution in [0.4, 0.5) is 45.5 Å². The summed E-state index contributed by atoms with van der Waals surface area (Å²) in [5, 5.41) is 45.1. The van der Waals surface area contributed by atoms with E-state index < -0.39 is 31.1 Å². The van der Waals surface area contributed by atoms with Gasteiger partial charge in [-0.15, -0.1) is 25.3 Å². The highest BCUT2D eigenvalue weighted by Crippen LogP contribution is 2.48. The van der Waals surface area contributed by atoms with Gasteiger partial charge in [-0.05, 0) is 108 Å². The number of fused-ring (bicyclic) bond motifs is 4. The fraction of sp³-hybridized carbons (Fsp3) is 0.217. The van der Waals surface area contributed by atoms with E-state index in [0.717, 1.165) is 50.0 Å². The van der Waals surface area contributed by atoms with Crippen molar-refractivity contribution in [1.82, 2.24) is 15.6 Å². The molecule has 1 aliphatic heterocycles. The van der Waals surface area contributed by atoms with Crippen LogP contribution in [0.2, 0.25) is 0 Å². The number of hydrogen-bond donors (Lipinski definition) is 4. The minimum atomic E-state index is -3.11. The number of carbonyl (C=O) groups is 3. The van der Waals surface area contributed by atoms with Crippen molar-refractivity contribution in [3.05, 3.63) is 174 Å². The molecule has 0 unspecified atom stereocenters. The lowest BCUT2D eigenvalue weighted by Gasteiger charge is -2.33. The number of anilines is 6. The number of non-ortho nitro benzene ring substituents is 1. The zero-order chi connectivity index (χ0) is 64.2. The Bertz CT molecular complexity index is 4430. The maximum absolute atomic E-state index is 14.0. The molecule has 1 amide bonds. The molecule has 2 aromatic heterocycles. The number of nitro benzene ring substituents is 2. The average Bonchev–Trinajstić information content (AvgIpc) is 1.50. The predicted octanol–water partition coefficient (Wildman–Crippen LogP) is 10.4. The summed E-state index contributed by atoms with van der Waals surface area (Å²) in [7, 11) is -2.99. The summed E-state index contributed by atoms with van der Waals surface area (Å²) in [6.07, 6.45) is 2.46. The van der Waals surface area contributed by atoms with Crippen molar-refractivity contribution in [1.29, 1.82) is 0 Å². The van der Waals surface area contributed by atoms with Crippen molar-refractivity contribution in [2.45, 2.75) is 25.7 Å². The number of ketones is 2. The quantitative estimate of drug-likeness (QED) is 0.0332. The zero-order valence-corrected chi connectivity index (χ0v) is 50.8. The molecule has 0 bridgehead atoms. The summed E-state index contributed by atoms with van der Waals surface area (Å²) in [5.41, 5.74) is 8.29. The molecule has 4 N–H and O–H groups in total. The Hall–Kier alpha value is -10.4. The third-order valence-electron chi connectivity index (χ3n) is 14.6. The molecule has 27 nitrogen and oxygen atoms in total. The molecule has 3 heterocycles. The van der Waals surface area contributed by atoms with Gasteiger partial charge in [-0.1, -0.05) is 58.8 Å². The number of methoxy groups -OCH3 is 2. The Morgan fingerprint density at radius 3 is 1.61 bits per heavy atom. The van der Waals surface area contributed by atoms with Gasteiger partial charge in [0.05, 0.1) is 69.1 Å². The van der Waals surface area contributed by atoms with E-state index in [4.69, 9.17) is 48.5 Å². The van der Waals surface area contributed by atoms with Crippen LogP contribution in [0.3, 0.4) is 0 Å². The first-order valence-corrected chi connectivity index (χ1v) is 30.2. The van der Waals surface area contributed by atoms with E-state index in [0.29, 0.717) is 132 Å². The Labute approximate surface area is 522 Å². The van der Waals surface area contributed by atoms with Crippen molar-refractivity contribution in [3.63, 3.8) is 0 Å². The molecule has 90 heavy (non-hydrogen) atoms. The van der Waals surface area contributed by atoms with Crippen LogP contribution in [0.25, 0.3) is 44.5 Å². The van der Waals surface area contributed by atoms with E-state index in [2.05, 4.69) is 52.4 Å². The first-order chi connectivity index (χ1) is 43.4. The summed E-state index contributed by atoms with van der Waals surface area (Å²) in [5.74, 6) is 2.35. The molecule has 0 spiro atoms. The predicted molar refractivity (Wildman–Crippen MR) is 332 cm³/mol. The Kier molecular flexibility index (Phi) is 20.7. The number of aromatic nitrogens is 2. The van der Waals surface area contributed by atoms with Gasteiger partial charge >= 0.3 is 21.2 Å². The van der Waals surface area contributed by atoms with E-state index in [-0.39, 0.29) is 40.5 Å². The summed E-state index contributed by atoms with van der Waals surface area (Å²) in [6, 6.07) is 37.1. The average molecular weight is 1330 g/mol. The number of piperidine rings is 1. The monoisotopic (exact) mass is 1330 g/mol. The van der Waals surface area contributed by atoms with E-state index >= 15 is 0 Å². The fourth-order valence-corrected chi connectivity index (χ4v) is 11.0. The normalized spacial score (nSPS) is 12.5. The van der Waals surface area contributed by atoms with Crippen LogP contribution < -0.4 is 35.6 Å². The van der Waals surface area contributed by atoms with E-state index in [9.17, 15) is 34.6 Å². The van der Waals surface area contributed by atoms with Crippen molar-refractivity contribution in [2.24, 2.45) is 5.92 Å². The minimum Gasteiger partial charge on any atom is -0.497 e. The summed E-state index contributed by atoms with van der Waals surface area (Å²) in [4.78, 5) is 63.4. The van der Waals surface area contributed by atoms with Gasteiger partial charge in [-0.2, -0.15) is 0 Å². The topological polar surface area (TPSA) is 371 Å². The number of hydrogen-bond acceptors (Lipinski definition) is 24. The molecule has 464 valence electrons. The third kappa shape index (κ3) is 14.6. The number of halogens is 1. The SMILES string of the molecule is COc1ccc(Nc2cc(Br)c3noc4c3c2C(=O)c2ccccc2-4)cc1.COc1ccc(Nc2cc(N3CCC(C(=O)NCCCOCCCNc4ccc([N+](=O)[O-])cc4[N+](=O)[O-])CC3)c3noc4c3c2C(=O)c2ccccc2-4)cc1.O=S(=O)=O.O=S(=O)=O. The number of nitro groups is 2. The number of amides is 1.